The van der Waals surface area contributed by atoms with Gasteiger partial charge < -0.3 is 5.11 Å². The zero-order valence-electron chi connectivity index (χ0n) is 11.9. The van der Waals surface area contributed by atoms with Crippen LogP contribution in [0.25, 0.3) is 0 Å². The minimum Gasteiger partial charge on any atom is -0.392 e. The van der Waals surface area contributed by atoms with Gasteiger partial charge in [0, 0.05) is 18.8 Å². The molecule has 0 fully saturated rings. The molecule has 1 aromatic carbocycles. The number of benzene rings is 1. The Morgan fingerprint density at radius 1 is 1.38 bits per heavy atom. The molecule has 6 nitrogen and oxygen atoms in total. The van der Waals surface area contributed by atoms with Crippen molar-refractivity contribution in [2.24, 2.45) is 7.05 Å². The van der Waals surface area contributed by atoms with Gasteiger partial charge in [0.25, 0.3) is 10.0 Å². The first-order valence-electron chi connectivity index (χ1n) is 6.17. The van der Waals surface area contributed by atoms with Gasteiger partial charge >= 0.3 is 0 Å². The van der Waals surface area contributed by atoms with Gasteiger partial charge in [-0.3, -0.25) is 9.40 Å². The molecule has 0 spiro atoms. The van der Waals surface area contributed by atoms with E-state index in [1.807, 2.05) is 0 Å². The summed E-state index contributed by atoms with van der Waals surface area (Å²) in [5.41, 5.74) is 1.03. The van der Waals surface area contributed by atoms with Crippen molar-refractivity contribution in [2.75, 3.05) is 4.72 Å². The molecular formula is C13H16FN3O3S. The maximum Gasteiger partial charge on any atom is 0.262 e. The second kappa shape index (κ2) is 5.45. The number of nitrogens with zero attached hydrogens (tertiary/aromatic N) is 2. The van der Waals surface area contributed by atoms with Gasteiger partial charge in [0.15, 0.2) is 0 Å². The lowest BCUT2D eigenvalue weighted by Crippen LogP contribution is -2.15. The maximum absolute atomic E-state index is 13.8. The monoisotopic (exact) mass is 313 g/mol. The summed E-state index contributed by atoms with van der Waals surface area (Å²) in [6.07, 6.45) is 1.52. The van der Waals surface area contributed by atoms with Crippen LogP contribution in [-0.4, -0.2) is 23.3 Å². The molecular weight excluding hydrogens is 297 g/mol. The van der Waals surface area contributed by atoms with Crippen LogP contribution in [-0.2, 0) is 23.7 Å². The van der Waals surface area contributed by atoms with Crippen molar-refractivity contribution in [3.63, 3.8) is 0 Å². The molecule has 0 aliphatic heterocycles. The van der Waals surface area contributed by atoms with E-state index in [9.17, 15) is 12.8 Å². The number of hydrogen-bond acceptors (Lipinski definition) is 4. The number of hydrogen-bond donors (Lipinski definition) is 2. The second-order valence-electron chi connectivity index (χ2n) is 4.77. The van der Waals surface area contributed by atoms with Crippen LogP contribution in [0.5, 0.6) is 0 Å². The third kappa shape index (κ3) is 3.06. The minimum atomic E-state index is -3.96. The van der Waals surface area contributed by atoms with Crippen LogP contribution in [0.15, 0.2) is 23.2 Å². The fraction of sp³-hybridized carbons (Fsp3) is 0.308. The lowest BCUT2D eigenvalue weighted by Gasteiger charge is -2.11. The first-order chi connectivity index (χ1) is 9.74. The number of anilines is 1. The van der Waals surface area contributed by atoms with Crippen LogP contribution in [0, 0.1) is 19.7 Å². The van der Waals surface area contributed by atoms with E-state index in [1.54, 1.807) is 14.0 Å². The van der Waals surface area contributed by atoms with Gasteiger partial charge in [0.05, 0.1) is 22.9 Å². The smallest absolute Gasteiger partial charge is 0.262 e. The Balaban J connectivity index is 2.49. The fourth-order valence-electron chi connectivity index (χ4n) is 1.98. The molecule has 0 bridgehead atoms. The van der Waals surface area contributed by atoms with Gasteiger partial charge in [-0.2, -0.15) is 5.10 Å². The van der Waals surface area contributed by atoms with Crippen molar-refractivity contribution in [3.8, 4) is 0 Å². The summed E-state index contributed by atoms with van der Waals surface area (Å²) in [5.74, 6) is -0.676. The second-order valence-corrected chi connectivity index (χ2v) is 6.42. The summed E-state index contributed by atoms with van der Waals surface area (Å²) in [5, 5.41) is 13.1. The van der Waals surface area contributed by atoms with Crippen molar-refractivity contribution in [1.29, 1.82) is 0 Å². The average Bonchev–Trinajstić information content (AvgIpc) is 2.70. The largest absolute Gasteiger partial charge is 0.392 e. The van der Waals surface area contributed by atoms with Crippen LogP contribution >= 0.6 is 0 Å². The number of aliphatic hydroxyl groups is 1. The predicted octanol–water partition coefficient (Wildman–Crippen LogP) is 1.47. The molecule has 0 saturated carbocycles. The SMILES string of the molecule is Cc1nn(C)cc1NS(=O)(=O)c1cc(CO)cc(F)c1C. The number of aryl methyl sites for hydroxylation is 2. The van der Waals surface area contributed by atoms with Gasteiger partial charge in [-0.1, -0.05) is 0 Å². The normalized spacial score (nSPS) is 11.7. The van der Waals surface area contributed by atoms with Crippen LogP contribution in [0.1, 0.15) is 16.8 Å². The topological polar surface area (TPSA) is 84.2 Å². The summed E-state index contributed by atoms with van der Waals surface area (Å²) >= 11 is 0. The summed E-state index contributed by atoms with van der Waals surface area (Å²) < 4.78 is 42.4. The number of aliphatic hydroxyl groups excluding tert-OH is 1. The van der Waals surface area contributed by atoms with E-state index < -0.39 is 22.4 Å². The lowest BCUT2D eigenvalue weighted by atomic mass is 10.1. The Morgan fingerprint density at radius 3 is 2.57 bits per heavy atom. The third-order valence-electron chi connectivity index (χ3n) is 3.09. The summed E-state index contributed by atoms with van der Waals surface area (Å²) in [4.78, 5) is -0.199. The van der Waals surface area contributed by atoms with E-state index in [1.165, 1.54) is 23.9 Å². The van der Waals surface area contributed by atoms with E-state index >= 15 is 0 Å². The van der Waals surface area contributed by atoms with E-state index in [0.29, 0.717) is 11.4 Å². The summed E-state index contributed by atoms with van der Waals surface area (Å²) in [6.45, 7) is 2.60. The molecule has 1 aromatic heterocycles. The van der Waals surface area contributed by atoms with E-state index in [-0.39, 0.29) is 16.0 Å². The van der Waals surface area contributed by atoms with Gasteiger partial charge in [-0.05, 0) is 31.5 Å². The number of nitrogens with one attached hydrogen (secondary N) is 1. The highest BCUT2D eigenvalue weighted by atomic mass is 32.2. The average molecular weight is 313 g/mol. The molecule has 21 heavy (non-hydrogen) atoms. The Hall–Kier alpha value is -1.93. The Kier molecular flexibility index (Phi) is 4.02. The maximum atomic E-state index is 13.8. The molecule has 2 rings (SSSR count). The first-order valence-corrected chi connectivity index (χ1v) is 7.66. The Labute approximate surface area is 122 Å². The summed E-state index contributed by atoms with van der Waals surface area (Å²) in [6, 6.07) is 2.37. The number of rotatable bonds is 4. The highest BCUT2D eigenvalue weighted by Crippen LogP contribution is 2.24. The van der Waals surface area contributed by atoms with Crippen LogP contribution in [0.4, 0.5) is 10.1 Å². The highest BCUT2D eigenvalue weighted by Gasteiger charge is 2.21. The molecule has 0 amide bonds. The predicted molar refractivity (Wildman–Crippen MR) is 75.8 cm³/mol. The molecule has 0 radical (unpaired) electrons. The molecule has 0 atom stereocenters. The van der Waals surface area contributed by atoms with Crippen molar-refractivity contribution in [3.05, 3.63) is 41.0 Å². The number of halogens is 1. The Morgan fingerprint density at radius 2 is 2.05 bits per heavy atom. The molecule has 2 aromatic rings. The number of sulfonamides is 1. The standard InChI is InChI=1S/C13H16FN3O3S/c1-8-11(14)4-10(7-18)5-13(8)21(19,20)16-12-6-17(3)15-9(12)2/h4-6,16,18H,7H2,1-3H3. The third-order valence-corrected chi connectivity index (χ3v) is 4.58. The van der Waals surface area contributed by atoms with Crippen LogP contribution in [0.2, 0.25) is 0 Å². The number of aromatic nitrogens is 2. The van der Waals surface area contributed by atoms with E-state index in [0.717, 1.165) is 6.07 Å². The molecule has 0 saturated heterocycles. The first kappa shape index (κ1) is 15.5. The summed E-state index contributed by atoms with van der Waals surface area (Å²) in [7, 11) is -2.29. The fourth-order valence-corrected chi connectivity index (χ4v) is 3.38. The van der Waals surface area contributed by atoms with Crippen LogP contribution < -0.4 is 4.72 Å². The molecule has 8 heteroatoms. The van der Waals surface area contributed by atoms with Gasteiger partial charge in [-0.15, -0.1) is 0 Å². The highest BCUT2D eigenvalue weighted by molar-refractivity contribution is 7.92. The van der Waals surface area contributed by atoms with Gasteiger partial charge in [-0.25, -0.2) is 12.8 Å². The zero-order chi connectivity index (χ0) is 15.8. The molecule has 0 aliphatic rings. The Bertz CT molecular complexity index is 784. The minimum absolute atomic E-state index is 0.00115. The van der Waals surface area contributed by atoms with Gasteiger partial charge in [0.2, 0.25) is 0 Å². The van der Waals surface area contributed by atoms with E-state index in [4.69, 9.17) is 5.11 Å². The molecule has 0 aliphatic carbocycles. The lowest BCUT2D eigenvalue weighted by molar-refractivity contribution is 0.281. The van der Waals surface area contributed by atoms with E-state index in [2.05, 4.69) is 9.82 Å². The van der Waals surface area contributed by atoms with Crippen molar-refractivity contribution < 1.29 is 17.9 Å². The molecule has 2 N–H and O–H groups in total. The van der Waals surface area contributed by atoms with Crippen LogP contribution in [0.3, 0.4) is 0 Å². The molecule has 114 valence electrons. The quantitative estimate of drug-likeness (QED) is 0.895. The van der Waals surface area contributed by atoms with Crippen molar-refractivity contribution in [2.45, 2.75) is 25.3 Å². The molecule has 0 unspecified atom stereocenters. The zero-order valence-corrected chi connectivity index (χ0v) is 12.7. The van der Waals surface area contributed by atoms with Gasteiger partial charge in [0.1, 0.15) is 5.82 Å². The van der Waals surface area contributed by atoms with Crippen molar-refractivity contribution >= 4 is 15.7 Å². The molecule has 1 heterocycles. The van der Waals surface area contributed by atoms with Crippen molar-refractivity contribution in [1.82, 2.24) is 9.78 Å².